The quantitative estimate of drug-likeness (QED) is 0.333. The van der Waals surface area contributed by atoms with Crippen molar-refractivity contribution < 1.29 is 9.53 Å². The molecule has 3 heterocycles. The van der Waals surface area contributed by atoms with E-state index in [0.717, 1.165) is 39.2 Å². The fourth-order valence-electron chi connectivity index (χ4n) is 4.32. The second-order valence-electron chi connectivity index (χ2n) is 8.34. The third-order valence-corrected chi connectivity index (χ3v) is 6.05. The molecule has 36 heavy (non-hydrogen) atoms. The highest BCUT2D eigenvalue weighted by Crippen LogP contribution is 2.29. The molecule has 5 rings (SSSR count). The average Bonchev–Trinajstić information content (AvgIpc) is 3.59. The van der Waals surface area contributed by atoms with Gasteiger partial charge in [0.2, 0.25) is 0 Å². The normalized spacial score (nSPS) is 13.8. The standard InChI is InChI=1S/C28H26N4O2.C2H6/c1-17-13-18(2)30-22(17)15-24-27(34-4)16-23(31-24)26-14-20-7-5-6-8-25(20)32(26)28(33)19-9-11-21(29-3)12-10-19;1-2/h5-16,29-30H,1-4H3;1-2H3/b24-15-;. The number of nitrogens with one attached hydrogen (secondary N) is 2. The topological polar surface area (TPSA) is 71.4 Å². The zero-order valence-corrected chi connectivity index (χ0v) is 21.6. The van der Waals surface area contributed by atoms with E-state index >= 15 is 0 Å². The lowest BCUT2D eigenvalue weighted by Gasteiger charge is -2.09. The summed E-state index contributed by atoms with van der Waals surface area (Å²) in [5.74, 6) is 0.548. The van der Waals surface area contributed by atoms with Gasteiger partial charge in [0.05, 0.1) is 24.0 Å². The number of aromatic amines is 1. The predicted molar refractivity (Wildman–Crippen MR) is 149 cm³/mol. The number of aryl methyl sites for hydroxylation is 2. The number of allylic oxidation sites excluding steroid dienone is 1. The lowest BCUT2D eigenvalue weighted by Crippen LogP contribution is -2.17. The smallest absolute Gasteiger partial charge is 0.262 e. The van der Waals surface area contributed by atoms with Crippen molar-refractivity contribution in [3.05, 3.63) is 106 Å². The number of anilines is 1. The minimum atomic E-state index is -0.109. The largest absolute Gasteiger partial charge is 0.494 e. The van der Waals surface area contributed by atoms with E-state index in [1.165, 1.54) is 0 Å². The van der Waals surface area contributed by atoms with Gasteiger partial charge in [0.1, 0.15) is 11.5 Å². The summed E-state index contributed by atoms with van der Waals surface area (Å²) in [5.41, 5.74) is 7.72. The third-order valence-electron chi connectivity index (χ3n) is 6.05. The van der Waals surface area contributed by atoms with Gasteiger partial charge in [-0.2, -0.15) is 0 Å². The predicted octanol–water partition coefficient (Wildman–Crippen LogP) is 6.72. The van der Waals surface area contributed by atoms with Gasteiger partial charge in [0.15, 0.2) is 0 Å². The first-order valence-corrected chi connectivity index (χ1v) is 12.1. The molecule has 0 fully saturated rings. The fraction of sp³-hybridized carbons (Fsp3) is 0.200. The highest BCUT2D eigenvalue weighted by molar-refractivity contribution is 6.17. The molecule has 1 aliphatic heterocycles. The summed E-state index contributed by atoms with van der Waals surface area (Å²) in [6.45, 7) is 8.08. The van der Waals surface area contributed by atoms with Crippen LogP contribution in [0.1, 0.15) is 46.9 Å². The molecule has 184 valence electrons. The molecule has 0 spiro atoms. The zero-order valence-electron chi connectivity index (χ0n) is 21.6. The van der Waals surface area contributed by atoms with Crippen molar-refractivity contribution >= 4 is 34.3 Å². The molecule has 0 amide bonds. The monoisotopic (exact) mass is 480 g/mol. The van der Waals surface area contributed by atoms with Gasteiger partial charge < -0.3 is 15.0 Å². The number of carbonyl (C=O) groups excluding carboxylic acids is 1. The van der Waals surface area contributed by atoms with Gasteiger partial charge in [-0.3, -0.25) is 9.36 Å². The van der Waals surface area contributed by atoms with Crippen LogP contribution in [0.3, 0.4) is 0 Å². The Balaban J connectivity index is 0.00000148. The van der Waals surface area contributed by atoms with Gasteiger partial charge >= 0.3 is 0 Å². The van der Waals surface area contributed by atoms with Gasteiger partial charge in [-0.25, -0.2) is 4.99 Å². The van der Waals surface area contributed by atoms with Crippen molar-refractivity contribution in [2.75, 3.05) is 19.5 Å². The number of methoxy groups -OCH3 is 1. The van der Waals surface area contributed by atoms with Gasteiger partial charge in [0, 0.05) is 41.1 Å². The lowest BCUT2D eigenvalue weighted by atomic mass is 10.1. The number of rotatable bonds is 5. The van der Waals surface area contributed by atoms with Crippen LogP contribution >= 0.6 is 0 Å². The molecule has 0 saturated heterocycles. The molecule has 0 atom stereocenters. The number of hydrogen-bond acceptors (Lipinski definition) is 4. The van der Waals surface area contributed by atoms with E-state index in [1.807, 2.05) is 94.6 Å². The molecule has 2 aromatic heterocycles. The van der Waals surface area contributed by atoms with Crippen molar-refractivity contribution in [2.45, 2.75) is 27.7 Å². The van der Waals surface area contributed by atoms with Crippen LogP contribution in [0, 0.1) is 13.8 Å². The Morgan fingerprint density at radius 2 is 1.78 bits per heavy atom. The maximum atomic E-state index is 13.7. The summed E-state index contributed by atoms with van der Waals surface area (Å²) >= 11 is 0. The van der Waals surface area contributed by atoms with E-state index < -0.39 is 0 Å². The van der Waals surface area contributed by atoms with Gasteiger partial charge in [-0.05, 0) is 68.0 Å². The number of para-hydroxylation sites is 1. The molecule has 6 heteroatoms. The number of benzene rings is 2. The molecule has 6 nitrogen and oxygen atoms in total. The molecule has 2 aromatic carbocycles. The number of nitrogens with zero attached hydrogens (tertiary/aromatic N) is 2. The Labute approximate surface area is 212 Å². The average molecular weight is 481 g/mol. The number of ether oxygens (including phenoxy) is 1. The summed E-state index contributed by atoms with van der Waals surface area (Å²) in [7, 11) is 3.49. The highest BCUT2D eigenvalue weighted by Gasteiger charge is 2.24. The Morgan fingerprint density at radius 3 is 2.42 bits per heavy atom. The fourth-order valence-corrected chi connectivity index (χ4v) is 4.32. The van der Waals surface area contributed by atoms with Crippen LogP contribution in [0.2, 0.25) is 0 Å². The number of H-pyrrole nitrogens is 1. The third kappa shape index (κ3) is 4.62. The van der Waals surface area contributed by atoms with E-state index in [9.17, 15) is 4.79 Å². The first-order valence-electron chi connectivity index (χ1n) is 12.1. The molecular formula is C30H32N4O2. The minimum absolute atomic E-state index is 0.109. The Morgan fingerprint density at radius 1 is 1.06 bits per heavy atom. The van der Waals surface area contributed by atoms with Crippen molar-refractivity contribution in [1.29, 1.82) is 0 Å². The van der Waals surface area contributed by atoms with Crippen molar-refractivity contribution in [2.24, 2.45) is 4.99 Å². The highest BCUT2D eigenvalue weighted by atomic mass is 16.5. The number of carbonyl (C=O) groups is 1. The summed E-state index contributed by atoms with van der Waals surface area (Å²) in [6.07, 6.45) is 3.87. The molecule has 4 aromatic rings. The van der Waals surface area contributed by atoms with Crippen LogP contribution in [0.4, 0.5) is 5.69 Å². The number of aromatic nitrogens is 2. The summed E-state index contributed by atoms with van der Waals surface area (Å²) in [5, 5.41) is 4.06. The second kappa shape index (κ2) is 10.5. The maximum absolute atomic E-state index is 13.7. The second-order valence-corrected chi connectivity index (χ2v) is 8.34. The summed E-state index contributed by atoms with van der Waals surface area (Å²) in [4.78, 5) is 21.9. The van der Waals surface area contributed by atoms with Gasteiger partial charge in [-0.1, -0.05) is 32.0 Å². The molecule has 0 aliphatic carbocycles. The van der Waals surface area contributed by atoms with Crippen LogP contribution in [0.25, 0.3) is 17.0 Å². The molecule has 0 radical (unpaired) electrons. The SMILES string of the molecule is CC.CNc1ccc(C(=O)n2c(C3=N/C(=C\c4[nH]c(C)cc4C)C(OC)=C3)cc3ccccc32)cc1. The van der Waals surface area contributed by atoms with E-state index in [2.05, 4.69) is 23.3 Å². The van der Waals surface area contributed by atoms with Crippen LogP contribution in [0.5, 0.6) is 0 Å². The summed E-state index contributed by atoms with van der Waals surface area (Å²) in [6, 6.07) is 19.4. The molecule has 0 unspecified atom stereocenters. The number of fused-ring (bicyclic) bond motifs is 1. The van der Waals surface area contributed by atoms with E-state index in [1.54, 1.807) is 11.7 Å². The van der Waals surface area contributed by atoms with Crippen LogP contribution in [-0.2, 0) is 4.74 Å². The van der Waals surface area contributed by atoms with Crippen molar-refractivity contribution in [1.82, 2.24) is 9.55 Å². The van der Waals surface area contributed by atoms with Crippen LogP contribution in [-0.4, -0.2) is 35.3 Å². The van der Waals surface area contributed by atoms with E-state index in [-0.39, 0.29) is 5.91 Å². The summed E-state index contributed by atoms with van der Waals surface area (Å²) < 4.78 is 7.38. The Bertz CT molecular complexity index is 1500. The van der Waals surface area contributed by atoms with Gasteiger partial charge in [0.25, 0.3) is 5.91 Å². The minimum Gasteiger partial charge on any atom is -0.494 e. The first kappa shape index (κ1) is 24.8. The van der Waals surface area contributed by atoms with E-state index in [0.29, 0.717) is 22.7 Å². The van der Waals surface area contributed by atoms with Crippen molar-refractivity contribution in [3.8, 4) is 0 Å². The zero-order chi connectivity index (χ0) is 25.8. The first-order chi connectivity index (χ1) is 17.5. The van der Waals surface area contributed by atoms with Gasteiger partial charge in [-0.15, -0.1) is 0 Å². The maximum Gasteiger partial charge on any atom is 0.262 e. The molecular weight excluding hydrogens is 448 g/mol. The Kier molecular flexibility index (Phi) is 7.25. The number of aliphatic imine (C=N–C) groups is 1. The Hall–Kier alpha value is -4.32. The number of hydrogen-bond donors (Lipinski definition) is 2. The van der Waals surface area contributed by atoms with Crippen LogP contribution < -0.4 is 5.32 Å². The van der Waals surface area contributed by atoms with E-state index in [4.69, 9.17) is 9.73 Å². The molecule has 0 bridgehead atoms. The lowest BCUT2D eigenvalue weighted by molar-refractivity contribution is 0.0964. The molecule has 2 N–H and O–H groups in total. The van der Waals surface area contributed by atoms with Crippen molar-refractivity contribution in [3.63, 3.8) is 0 Å². The van der Waals surface area contributed by atoms with Crippen LogP contribution in [0.15, 0.2) is 83.2 Å². The molecule has 1 aliphatic rings. The molecule has 0 saturated carbocycles.